The van der Waals surface area contributed by atoms with Crippen molar-refractivity contribution in [2.75, 3.05) is 13.2 Å². The molecule has 0 aliphatic heterocycles. The number of hydrogen-bond donors (Lipinski definition) is 0. The number of rotatable bonds is 41. The van der Waals surface area contributed by atoms with Gasteiger partial charge in [0, 0.05) is 19.3 Å². The lowest BCUT2D eigenvalue weighted by atomic mass is 10.0. The van der Waals surface area contributed by atoms with Crippen LogP contribution in [0.1, 0.15) is 213 Å². The standard InChI is InChI=1S/C51H86O6/c1-4-7-10-13-16-19-22-24-25-26-27-30-32-35-38-41-44-50(53)56-47-48(46-55-49(52)43-40-37-34-31-28-21-18-15-12-9-6-3)57-51(54)45-42-39-36-33-29-23-20-17-14-11-8-5-2/h8-9,11-12,17-18,20-21,29,31,33-34,48H,4-7,10,13-16,19,22-28,30,32,35-47H2,1-3H3/b11-8-,12-9-,20-17-,21-18-,33-29-,34-31-. The SMILES string of the molecule is CC/C=C\C/C=C\C/C=C\CCCCC(=O)OC(COC(=O)CCC/C=C\C/C=C\C/C=C\CC)COC(=O)CCCCCCCCCCCCCCCCCC. The summed E-state index contributed by atoms with van der Waals surface area (Å²) in [6.45, 7) is 6.31. The highest BCUT2D eigenvalue weighted by molar-refractivity contribution is 5.71. The molecule has 0 aliphatic carbocycles. The highest BCUT2D eigenvalue weighted by Gasteiger charge is 2.19. The Labute approximate surface area is 351 Å². The number of carbonyl (C=O) groups excluding carboxylic acids is 3. The van der Waals surface area contributed by atoms with Gasteiger partial charge in [-0.3, -0.25) is 14.4 Å². The summed E-state index contributed by atoms with van der Waals surface area (Å²) in [7, 11) is 0. The first-order chi connectivity index (χ1) is 28.0. The molecule has 0 bridgehead atoms. The van der Waals surface area contributed by atoms with Crippen LogP contribution in [0.4, 0.5) is 0 Å². The van der Waals surface area contributed by atoms with Crippen LogP contribution in [0.15, 0.2) is 72.9 Å². The summed E-state index contributed by atoms with van der Waals surface area (Å²) >= 11 is 0. The second kappa shape index (κ2) is 45.6. The minimum absolute atomic E-state index is 0.105. The molecule has 0 aromatic heterocycles. The van der Waals surface area contributed by atoms with Crippen molar-refractivity contribution in [1.82, 2.24) is 0 Å². The topological polar surface area (TPSA) is 78.9 Å². The van der Waals surface area contributed by atoms with Crippen LogP contribution in [0, 0.1) is 0 Å². The van der Waals surface area contributed by atoms with Gasteiger partial charge in [-0.15, -0.1) is 0 Å². The average molecular weight is 795 g/mol. The van der Waals surface area contributed by atoms with E-state index in [4.69, 9.17) is 14.2 Å². The molecule has 1 atom stereocenters. The summed E-state index contributed by atoms with van der Waals surface area (Å²) in [5.74, 6) is -1.01. The zero-order valence-electron chi connectivity index (χ0n) is 37.1. The first kappa shape index (κ1) is 53.9. The quantitative estimate of drug-likeness (QED) is 0.0265. The van der Waals surface area contributed by atoms with E-state index in [1.807, 2.05) is 0 Å². The predicted octanol–water partition coefficient (Wildman–Crippen LogP) is 15.1. The van der Waals surface area contributed by atoms with Gasteiger partial charge in [0.25, 0.3) is 0 Å². The van der Waals surface area contributed by atoms with Crippen LogP contribution >= 0.6 is 0 Å². The molecule has 0 fully saturated rings. The fraction of sp³-hybridized carbons (Fsp3) is 0.706. The van der Waals surface area contributed by atoms with Gasteiger partial charge in [-0.25, -0.2) is 0 Å². The van der Waals surface area contributed by atoms with Gasteiger partial charge in [0.05, 0.1) is 0 Å². The van der Waals surface area contributed by atoms with Crippen molar-refractivity contribution in [3.05, 3.63) is 72.9 Å². The first-order valence-corrected chi connectivity index (χ1v) is 23.4. The summed E-state index contributed by atoms with van der Waals surface area (Å²) in [5, 5.41) is 0. The van der Waals surface area contributed by atoms with Gasteiger partial charge < -0.3 is 14.2 Å². The molecule has 6 nitrogen and oxygen atoms in total. The Balaban J connectivity index is 4.44. The van der Waals surface area contributed by atoms with Crippen LogP contribution in [0.3, 0.4) is 0 Å². The van der Waals surface area contributed by atoms with E-state index in [0.717, 1.165) is 77.0 Å². The van der Waals surface area contributed by atoms with E-state index in [9.17, 15) is 14.4 Å². The van der Waals surface area contributed by atoms with Crippen LogP contribution in [0.2, 0.25) is 0 Å². The number of unbranched alkanes of at least 4 members (excludes halogenated alkanes) is 18. The summed E-state index contributed by atoms with van der Waals surface area (Å²) in [5.41, 5.74) is 0. The Bertz CT molecular complexity index is 1100. The number of esters is 3. The monoisotopic (exact) mass is 795 g/mol. The Kier molecular flexibility index (Phi) is 43.0. The molecule has 0 rings (SSSR count). The Morgan fingerprint density at radius 3 is 1.14 bits per heavy atom. The minimum atomic E-state index is -0.811. The predicted molar refractivity (Wildman–Crippen MR) is 242 cm³/mol. The third kappa shape index (κ3) is 43.8. The van der Waals surface area contributed by atoms with Crippen LogP contribution in [-0.4, -0.2) is 37.2 Å². The second-order valence-corrected chi connectivity index (χ2v) is 15.3. The molecule has 0 saturated heterocycles. The molecule has 0 saturated carbocycles. The highest BCUT2D eigenvalue weighted by Crippen LogP contribution is 2.15. The molecule has 0 spiro atoms. The molecule has 6 heteroatoms. The lowest BCUT2D eigenvalue weighted by Gasteiger charge is -2.18. The highest BCUT2D eigenvalue weighted by atomic mass is 16.6. The van der Waals surface area contributed by atoms with E-state index in [1.54, 1.807) is 0 Å². The van der Waals surface area contributed by atoms with Gasteiger partial charge in [-0.2, -0.15) is 0 Å². The molecular formula is C51H86O6. The van der Waals surface area contributed by atoms with Crippen molar-refractivity contribution < 1.29 is 28.6 Å². The lowest BCUT2D eigenvalue weighted by molar-refractivity contribution is -0.167. The Morgan fingerprint density at radius 2 is 0.702 bits per heavy atom. The van der Waals surface area contributed by atoms with Crippen molar-refractivity contribution in [1.29, 1.82) is 0 Å². The first-order valence-electron chi connectivity index (χ1n) is 23.4. The Hall–Kier alpha value is -3.15. The zero-order chi connectivity index (χ0) is 41.5. The van der Waals surface area contributed by atoms with Crippen molar-refractivity contribution >= 4 is 17.9 Å². The van der Waals surface area contributed by atoms with E-state index in [0.29, 0.717) is 19.3 Å². The number of allylic oxidation sites excluding steroid dienone is 12. The molecule has 0 radical (unpaired) electrons. The smallest absolute Gasteiger partial charge is 0.306 e. The zero-order valence-corrected chi connectivity index (χ0v) is 37.1. The molecule has 0 aromatic rings. The summed E-state index contributed by atoms with van der Waals surface area (Å²) < 4.78 is 16.6. The van der Waals surface area contributed by atoms with E-state index in [1.165, 1.54) is 83.5 Å². The molecule has 0 N–H and O–H groups in total. The summed E-state index contributed by atoms with van der Waals surface area (Å²) in [4.78, 5) is 37.7. The van der Waals surface area contributed by atoms with Crippen molar-refractivity contribution in [3.8, 4) is 0 Å². The van der Waals surface area contributed by atoms with Gasteiger partial charge in [-0.05, 0) is 77.0 Å². The van der Waals surface area contributed by atoms with Crippen LogP contribution in [0.5, 0.6) is 0 Å². The maximum atomic E-state index is 12.7. The number of carbonyl (C=O) groups is 3. The van der Waals surface area contributed by atoms with E-state index >= 15 is 0 Å². The number of hydrogen-bond acceptors (Lipinski definition) is 6. The largest absolute Gasteiger partial charge is 0.462 e. The fourth-order valence-electron chi connectivity index (χ4n) is 6.24. The van der Waals surface area contributed by atoms with Crippen LogP contribution in [-0.2, 0) is 28.6 Å². The fourth-order valence-corrected chi connectivity index (χ4v) is 6.24. The maximum Gasteiger partial charge on any atom is 0.306 e. The average Bonchev–Trinajstić information content (AvgIpc) is 3.21. The van der Waals surface area contributed by atoms with Gasteiger partial charge in [0.1, 0.15) is 13.2 Å². The molecule has 326 valence electrons. The minimum Gasteiger partial charge on any atom is -0.462 e. The van der Waals surface area contributed by atoms with Crippen molar-refractivity contribution in [2.24, 2.45) is 0 Å². The van der Waals surface area contributed by atoms with Gasteiger partial charge in [0.15, 0.2) is 6.10 Å². The molecule has 1 unspecified atom stereocenters. The van der Waals surface area contributed by atoms with Gasteiger partial charge >= 0.3 is 17.9 Å². The summed E-state index contributed by atoms with van der Waals surface area (Å²) in [6, 6.07) is 0. The van der Waals surface area contributed by atoms with Gasteiger partial charge in [0.2, 0.25) is 0 Å². The molecule has 0 aliphatic rings. The molecule has 57 heavy (non-hydrogen) atoms. The molecule has 0 aromatic carbocycles. The maximum absolute atomic E-state index is 12.7. The number of ether oxygens (including phenoxy) is 3. The molecular weight excluding hydrogens is 709 g/mol. The molecule has 0 amide bonds. The van der Waals surface area contributed by atoms with Crippen molar-refractivity contribution in [3.63, 3.8) is 0 Å². The summed E-state index contributed by atoms with van der Waals surface area (Å²) in [6.07, 6.45) is 56.2. The third-order valence-corrected chi connectivity index (χ3v) is 9.71. The second-order valence-electron chi connectivity index (χ2n) is 15.3. The van der Waals surface area contributed by atoms with Crippen molar-refractivity contribution in [2.45, 2.75) is 219 Å². The van der Waals surface area contributed by atoms with Crippen LogP contribution < -0.4 is 0 Å². The third-order valence-electron chi connectivity index (χ3n) is 9.71. The molecule has 0 heterocycles. The lowest BCUT2D eigenvalue weighted by Crippen LogP contribution is -2.30. The van der Waals surface area contributed by atoms with E-state index in [2.05, 4.69) is 93.7 Å². The normalized spacial score (nSPS) is 12.7. The van der Waals surface area contributed by atoms with Gasteiger partial charge in [-0.1, -0.05) is 190 Å². The van der Waals surface area contributed by atoms with E-state index in [-0.39, 0.29) is 44.0 Å². The van der Waals surface area contributed by atoms with Crippen LogP contribution in [0.25, 0.3) is 0 Å². The van der Waals surface area contributed by atoms with E-state index < -0.39 is 6.10 Å². The Morgan fingerprint density at radius 1 is 0.368 bits per heavy atom.